The SMILES string of the molecule is CN1[C@@H]2CC[C@H]1CC(N(CCc1ccccc1)C(=O)c1cc(Cl)cc(Cl)c1)C2. The first-order valence-electron chi connectivity index (χ1n) is 10.0. The summed E-state index contributed by atoms with van der Waals surface area (Å²) in [6.07, 6.45) is 5.41. The molecule has 2 aliphatic rings. The minimum atomic E-state index is 0.0364. The lowest BCUT2D eigenvalue weighted by Crippen LogP contribution is -2.51. The van der Waals surface area contributed by atoms with Gasteiger partial charge in [0.1, 0.15) is 0 Å². The highest BCUT2D eigenvalue weighted by atomic mass is 35.5. The van der Waals surface area contributed by atoms with Crippen molar-refractivity contribution in [2.45, 2.75) is 50.2 Å². The lowest BCUT2D eigenvalue weighted by Gasteiger charge is -2.42. The van der Waals surface area contributed by atoms with E-state index in [1.54, 1.807) is 18.2 Å². The molecule has 5 heteroatoms. The van der Waals surface area contributed by atoms with Gasteiger partial charge in [-0.05, 0) is 62.9 Å². The van der Waals surface area contributed by atoms with Crippen molar-refractivity contribution in [2.75, 3.05) is 13.6 Å². The highest BCUT2D eigenvalue weighted by Gasteiger charge is 2.41. The molecule has 2 bridgehead atoms. The van der Waals surface area contributed by atoms with Gasteiger partial charge < -0.3 is 9.80 Å². The summed E-state index contributed by atoms with van der Waals surface area (Å²) in [6.45, 7) is 0.709. The normalized spacial score (nSPS) is 24.3. The molecule has 0 aromatic heterocycles. The van der Waals surface area contributed by atoms with E-state index in [9.17, 15) is 4.79 Å². The van der Waals surface area contributed by atoms with Crippen LogP contribution in [-0.4, -0.2) is 47.4 Å². The molecule has 1 amide bonds. The molecule has 2 fully saturated rings. The fraction of sp³-hybridized carbons (Fsp3) is 0.435. The third-order valence-electron chi connectivity index (χ3n) is 6.37. The molecular formula is C23H26Cl2N2O. The molecule has 2 saturated heterocycles. The predicted octanol–water partition coefficient (Wildman–Crippen LogP) is 5.30. The highest BCUT2D eigenvalue weighted by molar-refractivity contribution is 6.35. The Hall–Kier alpha value is -1.55. The molecule has 1 unspecified atom stereocenters. The number of hydrogen-bond acceptors (Lipinski definition) is 2. The fourth-order valence-electron chi connectivity index (χ4n) is 4.82. The van der Waals surface area contributed by atoms with Crippen molar-refractivity contribution < 1.29 is 4.79 Å². The van der Waals surface area contributed by atoms with E-state index >= 15 is 0 Å². The second-order valence-corrected chi connectivity index (χ2v) is 8.94. The van der Waals surface area contributed by atoms with Crippen LogP contribution in [0.1, 0.15) is 41.6 Å². The fourth-order valence-corrected chi connectivity index (χ4v) is 5.35. The standard InChI is InChI=1S/C23H26Cl2N2O/c1-26-20-7-8-21(26)15-22(14-20)27(10-9-16-5-3-2-4-6-16)23(28)17-11-18(24)13-19(25)12-17/h2-6,11-13,20-22H,7-10,14-15H2,1H3/t20-,21+,22?. The Morgan fingerprint density at radius 2 is 1.64 bits per heavy atom. The van der Waals surface area contributed by atoms with Gasteiger partial charge in [-0.25, -0.2) is 0 Å². The second kappa shape index (κ2) is 8.44. The van der Waals surface area contributed by atoms with Crippen molar-refractivity contribution in [2.24, 2.45) is 0 Å². The summed E-state index contributed by atoms with van der Waals surface area (Å²) in [4.78, 5) is 18.1. The molecule has 0 radical (unpaired) electrons. The van der Waals surface area contributed by atoms with Crippen molar-refractivity contribution >= 4 is 29.1 Å². The lowest BCUT2D eigenvalue weighted by atomic mass is 9.95. The molecule has 2 aromatic rings. The molecule has 148 valence electrons. The third-order valence-corrected chi connectivity index (χ3v) is 6.81. The molecule has 0 N–H and O–H groups in total. The van der Waals surface area contributed by atoms with Crippen LogP contribution in [0.4, 0.5) is 0 Å². The van der Waals surface area contributed by atoms with Gasteiger partial charge in [0.05, 0.1) is 0 Å². The van der Waals surface area contributed by atoms with E-state index in [0.29, 0.717) is 34.2 Å². The topological polar surface area (TPSA) is 23.6 Å². The maximum atomic E-state index is 13.5. The number of amides is 1. The number of halogens is 2. The zero-order chi connectivity index (χ0) is 19.7. The number of rotatable bonds is 5. The Bertz CT molecular complexity index is 808. The molecule has 2 aliphatic heterocycles. The smallest absolute Gasteiger partial charge is 0.254 e. The molecule has 0 aliphatic carbocycles. The van der Waals surface area contributed by atoms with Crippen molar-refractivity contribution in [3.63, 3.8) is 0 Å². The summed E-state index contributed by atoms with van der Waals surface area (Å²) < 4.78 is 0. The Morgan fingerprint density at radius 3 is 2.25 bits per heavy atom. The van der Waals surface area contributed by atoms with Crippen LogP contribution < -0.4 is 0 Å². The van der Waals surface area contributed by atoms with Gasteiger partial charge in [0, 0.05) is 40.3 Å². The van der Waals surface area contributed by atoms with Gasteiger partial charge in [0.2, 0.25) is 0 Å². The Balaban J connectivity index is 1.58. The number of piperidine rings is 1. The molecule has 3 nitrogen and oxygen atoms in total. The molecule has 2 aromatic carbocycles. The first-order chi connectivity index (χ1) is 13.5. The minimum absolute atomic E-state index is 0.0364. The number of nitrogens with zero attached hydrogens (tertiary/aromatic N) is 2. The molecule has 3 atom stereocenters. The summed E-state index contributed by atoms with van der Waals surface area (Å²) in [5, 5.41) is 1.00. The number of benzene rings is 2. The molecule has 4 rings (SSSR count). The van der Waals surface area contributed by atoms with E-state index in [1.165, 1.54) is 18.4 Å². The Morgan fingerprint density at radius 1 is 1.04 bits per heavy atom. The van der Waals surface area contributed by atoms with E-state index in [2.05, 4.69) is 29.0 Å². The van der Waals surface area contributed by atoms with Gasteiger partial charge >= 0.3 is 0 Å². The van der Waals surface area contributed by atoms with Crippen LogP contribution in [0.25, 0.3) is 0 Å². The zero-order valence-corrected chi connectivity index (χ0v) is 17.7. The van der Waals surface area contributed by atoms with Gasteiger partial charge in [-0.15, -0.1) is 0 Å². The number of hydrogen-bond donors (Lipinski definition) is 0. The lowest BCUT2D eigenvalue weighted by molar-refractivity contribution is 0.0488. The van der Waals surface area contributed by atoms with Gasteiger partial charge in [0.25, 0.3) is 5.91 Å². The summed E-state index contributed by atoms with van der Waals surface area (Å²) >= 11 is 12.3. The van der Waals surface area contributed by atoms with Crippen LogP contribution in [0.3, 0.4) is 0 Å². The van der Waals surface area contributed by atoms with Crippen LogP contribution in [-0.2, 0) is 6.42 Å². The third kappa shape index (κ3) is 4.22. The number of carbonyl (C=O) groups excluding carboxylic acids is 1. The second-order valence-electron chi connectivity index (χ2n) is 8.07. The van der Waals surface area contributed by atoms with Crippen molar-refractivity contribution in [1.29, 1.82) is 0 Å². The van der Waals surface area contributed by atoms with Crippen molar-refractivity contribution in [3.05, 3.63) is 69.7 Å². The number of fused-ring (bicyclic) bond motifs is 2. The molecule has 0 saturated carbocycles. The van der Waals surface area contributed by atoms with Crippen LogP contribution >= 0.6 is 23.2 Å². The predicted molar refractivity (Wildman–Crippen MR) is 115 cm³/mol. The monoisotopic (exact) mass is 416 g/mol. The maximum Gasteiger partial charge on any atom is 0.254 e. The largest absolute Gasteiger partial charge is 0.335 e. The summed E-state index contributed by atoms with van der Waals surface area (Å²) in [7, 11) is 2.23. The van der Waals surface area contributed by atoms with Crippen molar-refractivity contribution in [1.82, 2.24) is 9.80 Å². The highest BCUT2D eigenvalue weighted by Crippen LogP contribution is 2.37. The van der Waals surface area contributed by atoms with Gasteiger partial charge in [-0.2, -0.15) is 0 Å². The average Bonchev–Trinajstić information content (AvgIpc) is 2.89. The Labute approximate surface area is 177 Å². The van der Waals surface area contributed by atoms with Gasteiger partial charge in [-0.1, -0.05) is 53.5 Å². The van der Waals surface area contributed by atoms with Crippen molar-refractivity contribution in [3.8, 4) is 0 Å². The molecular weight excluding hydrogens is 391 g/mol. The summed E-state index contributed by atoms with van der Waals surface area (Å²) in [5.74, 6) is 0.0364. The molecule has 28 heavy (non-hydrogen) atoms. The number of carbonyl (C=O) groups is 1. The quantitative estimate of drug-likeness (QED) is 0.659. The average molecular weight is 417 g/mol. The first-order valence-corrected chi connectivity index (χ1v) is 10.8. The zero-order valence-electron chi connectivity index (χ0n) is 16.2. The Kier molecular flexibility index (Phi) is 5.96. The first kappa shape index (κ1) is 19.8. The molecule has 0 spiro atoms. The van der Waals surface area contributed by atoms with E-state index in [-0.39, 0.29) is 11.9 Å². The van der Waals surface area contributed by atoms with E-state index in [1.807, 2.05) is 18.2 Å². The summed E-state index contributed by atoms with van der Waals surface area (Å²) in [5.41, 5.74) is 1.83. The maximum absolute atomic E-state index is 13.5. The van der Waals surface area contributed by atoms with Crippen LogP contribution in [0, 0.1) is 0 Å². The summed E-state index contributed by atoms with van der Waals surface area (Å²) in [6, 6.07) is 16.9. The molecule has 2 heterocycles. The van der Waals surface area contributed by atoms with E-state index < -0.39 is 0 Å². The van der Waals surface area contributed by atoms with E-state index in [4.69, 9.17) is 23.2 Å². The van der Waals surface area contributed by atoms with Gasteiger partial charge in [0.15, 0.2) is 0 Å². The van der Waals surface area contributed by atoms with Gasteiger partial charge in [-0.3, -0.25) is 4.79 Å². The minimum Gasteiger partial charge on any atom is -0.335 e. The van der Waals surface area contributed by atoms with Crippen LogP contribution in [0.2, 0.25) is 10.0 Å². The van der Waals surface area contributed by atoms with Crippen LogP contribution in [0.5, 0.6) is 0 Å². The van der Waals surface area contributed by atoms with E-state index in [0.717, 1.165) is 19.3 Å². The van der Waals surface area contributed by atoms with Crippen LogP contribution in [0.15, 0.2) is 48.5 Å².